The second-order valence-electron chi connectivity index (χ2n) is 7.89. The van der Waals surface area contributed by atoms with Crippen molar-refractivity contribution in [3.8, 4) is 11.1 Å². The minimum atomic E-state index is -4.34. The summed E-state index contributed by atoms with van der Waals surface area (Å²) in [5.41, 5.74) is 7.28. The number of nitrogens with one attached hydrogen (secondary N) is 1. The highest BCUT2D eigenvalue weighted by molar-refractivity contribution is 5.65. The molecule has 5 heteroatoms. The predicted molar refractivity (Wildman–Crippen MR) is 101 cm³/mol. The summed E-state index contributed by atoms with van der Waals surface area (Å²) in [5, 5.41) is 3.56. The molecule has 2 atom stereocenters. The van der Waals surface area contributed by atoms with Gasteiger partial charge >= 0.3 is 6.18 Å². The molecule has 0 heterocycles. The molecule has 0 aliphatic heterocycles. The number of benzene rings is 2. The second-order valence-corrected chi connectivity index (χ2v) is 7.89. The molecule has 27 heavy (non-hydrogen) atoms. The Balaban J connectivity index is 1.53. The first-order valence-electron chi connectivity index (χ1n) is 9.70. The van der Waals surface area contributed by atoms with Crippen molar-refractivity contribution >= 4 is 0 Å². The lowest BCUT2D eigenvalue weighted by Gasteiger charge is -2.27. The van der Waals surface area contributed by atoms with Crippen LogP contribution in [0.4, 0.5) is 13.2 Å². The van der Waals surface area contributed by atoms with Crippen molar-refractivity contribution < 1.29 is 13.2 Å². The lowest BCUT2D eigenvalue weighted by atomic mass is 9.91. The summed E-state index contributed by atoms with van der Waals surface area (Å²) in [7, 11) is 0. The zero-order chi connectivity index (χ0) is 19.0. The van der Waals surface area contributed by atoms with E-state index in [9.17, 15) is 13.2 Å². The summed E-state index contributed by atoms with van der Waals surface area (Å²) in [4.78, 5) is 0. The van der Waals surface area contributed by atoms with E-state index < -0.39 is 11.7 Å². The van der Waals surface area contributed by atoms with Crippen LogP contribution in [0.5, 0.6) is 0 Å². The van der Waals surface area contributed by atoms with Crippen LogP contribution in [0.15, 0.2) is 48.5 Å². The Kier molecular flexibility index (Phi) is 4.99. The Morgan fingerprint density at radius 1 is 0.889 bits per heavy atom. The van der Waals surface area contributed by atoms with Gasteiger partial charge in [-0.2, -0.15) is 13.2 Å². The zero-order valence-corrected chi connectivity index (χ0v) is 15.2. The smallest absolute Gasteiger partial charge is 0.328 e. The van der Waals surface area contributed by atoms with E-state index in [4.69, 9.17) is 5.73 Å². The maximum Gasteiger partial charge on any atom is 0.416 e. The molecular weight excluding hydrogens is 349 g/mol. The van der Waals surface area contributed by atoms with Crippen molar-refractivity contribution in [3.05, 3.63) is 59.7 Å². The van der Waals surface area contributed by atoms with E-state index in [-0.39, 0.29) is 18.0 Å². The molecule has 0 bridgehead atoms. The lowest BCUT2D eigenvalue weighted by molar-refractivity contribution is -0.138. The van der Waals surface area contributed by atoms with E-state index in [0.717, 1.165) is 37.7 Å². The van der Waals surface area contributed by atoms with Crippen LogP contribution in [0.2, 0.25) is 0 Å². The van der Waals surface area contributed by atoms with Crippen LogP contribution in [0.1, 0.15) is 49.1 Å². The molecule has 2 aliphatic rings. The first-order chi connectivity index (χ1) is 12.9. The van der Waals surface area contributed by atoms with Gasteiger partial charge in [-0.3, -0.25) is 0 Å². The van der Waals surface area contributed by atoms with Gasteiger partial charge in [-0.15, -0.1) is 0 Å². The van der Waals surface area contributed by atoms with Crippen LogP contribution < -0.4 is 11.1 Å². The summed E-state index contributed by atoms with van der Waals surface area (Å²) in [6.07, 6.45) is 0.456. The van der Waals surface area contributed by atoms with Gasteiger partial charge in [0.05, 0.1) is 5.56 Å². The summed E-state index contributed by atoms with van der Waals surface area (Å²) < 4.78 is 41.2. The standard InChI is InChI=1S/C22H25F3N2/c23-22(24,25)20-12-15(14-4-2-1-3-5-14)6-11-18(20)19-13-21(19)27-17-9-7-16(26)8-10-17/h1-6,11-12,16-17,19,21,27H,7-10,13,26H2/t16?,17?,19-,21+/m1/s1. The maximum atomic E-state index is 13.7. The fourth-order valence-corrected chi connectivity index (χ4v) is 4.25. The Morgan fingerprint density at radius 3 is 2.26 bits per heavy atom. The molecule has 3 N–H and O–H groups in total. The average molecular weight is 374 g/mol. The Labute approximate surface area is 158 Å². The third-order valence-electron chi connectivity index (χ3n) is 5.88. The highest BCUT2D eigenvalue weighted by Crippen LogP contribution is 2.47. The third kappa shape index (κ3) is 4.19. The molecule has 2 aromatic carbocycles. The van der Waals surface area contributed by atoms with Crippen molar-refractivity contribution in [2.45, 2.75) is 62.3 Å². The van der Waals surface area contributed by atoms with E-state index in [2.05, 4.69) is 5.32 Å². The van der Waals surface area contributed by atoms with Gasteiger partial charge in [0.25, 0.3) is 0 Å². The van der Waals surface area contributed by atoms with E-state index in [1.807, 2.05) is 36.4 Å². The van der Waals surface area contributed by atoms with E-state index in [1.165, 1.54) is 6.07 Å². The Morgan fingerprint density at radius 2 is 1.59 bits per heavy atom. The van der Waals surface area contributed by atoms with Crippen molar-refractivity contribution in [3.63, 3.8) is 0 Å². The normalized spacial score (nSPS) is 28.1. The molecule has 2 aliphatic carbocycles. The zero-order valence-electron chi connectivity index (χ0n) is 15.2. The van der Waals surface area contributed by atoms with Gasteiger partial charge in [0, 0.05) is 24.0 Å². The third-order valence-corrected chi connectivity index (χ3v) is 5.88. The van der Waals surface area contributed by atoms with Crippen molar-refractivity contribution in [1.29, 1.82) is 0 Å². The van der Waals surface area contributed by atoms with Crippen molar-refractivity contribution in [2.75, 3.05) is 0 Å². The van der Waals surface area contributed by atoms with Crippen LogP contribution in [-0.4, -0.2) is 18.1 Å². The number of hydrogen-bond donors (Lipinski definition) is 2. The monoisotopic (exact) mass is 374 g/mol. The van der Waals surface area contributed by atoms with Crippen LogP contribution in [0.25, 0.3) is 11.1 Å². The quantitative estimate of drug-likeness (QED) is 0.782. The van der Waals surface area contributed by atoms with E-state index >= 15 is 0 Å². The first kappa shape index (κ1) is 18.5. The first-order valence-corrected chi connectivity index (χ1v) is 9.70. The molecule has 0 unspecified atom stereocenters. The maximum absolute atomic E-state index is 13.7. The van der Waals surface area contributed by atoms with Crippen LogP contribution in [0.3, 0.4) is 0 Å². The molecule has 0 spiro atoms. The second kappa shape index (κ2) is 7.28. The average Bonchev–Trinajstić information content (AvgIpc) is 3.42. The van der Waals surface area contributed by atoms with Crippen LogP contribution in [0, 0.1) is 0 Å². The number of halogens is 3. The molecular formula is C22H25F3N2. The minimum absolute atomic E-state index is 0.0537. The summed E-state index contributed by atoms with van der Waals surface area (Å²) in [6, 6.07) is 14.8. The fourth-order valence-electron chi connectivity index (χ4n) is 4.25. The van der Waals surface area contributed by atoms with Crippen molar-refractivity contribution in [1.82, 2.24) is 5.32 Å². The topological polar surface area (TPSA) is 38.0 Å². The molecule has 0 aromatic heterocycles. The number of alkyl halides is 3. The fraction of sp³-hybridized carbons (Fsp3) is 0.455. The largest absolute Gasteiger partial charge is 0.416 e. The summed E-state index contributed by atoms with van der Waals surface area (Å²) in [5.74, 6) is -0.0537. The molecule has 0 amide bonds. The molecule has 2 fully saturated rings. The highest BCUT2D eigenvalue weighted by Gasteiger charge is 2.45. The number of rotatable bonds is 4. The van der Waals surface area contributed by atoms with Crippen molar-refractivity contribution in [2.24, 2.45) is 5.73 Å². The minimum Gasteiger partial charge on any atom is -0.328 e. The van der Waals surface area contributed by atoms with E-state index in [1.54, 1.807) is 6.07 Å². The lowest BCUT2D eigenvalue weighted by Crippen LogP contribution is -2.38. The molecule has 2 aromatic rings. The molecule has 4 rings (SSSR count). The van der Waals surface area contributed by atoms with Gasteiger partial charge in [-0.25, -0.2) is 0 Å². The molecule has 2 saturated carbocycles. The van der Waals surface area contributed by atoms with Gasteiger partial charge in [-0.1, -0.05) is 42.5 Å². The molecule has 2 nitrogen and oxygen atoms in total. The Hall–Kier alpha value is -1.85. The number of hydrogen-bond acceptors (Lipinski definition) is 2. The molecule has 144 valence electrons. The van der Waals surface area contributed by atoms with Crippen LogP contribution >= 0.6 is 0 Å². The number of nitrogens with two attached hydrogens (primary N) is 1. The van der Waals surface area contributed by atoms with Gasteiger partial charge in [0.15, 0.2) is 0 Å². The van der Waals surface area contributed by atoms with Gasteiger partial charge in [0.2, 0.25) is 0 Å². The van der Waals surface area contributed by atoms with Gasteiger partial charge < -0.3 is 11.1 Å². The molecule has 0 radical (unpaired) electrons. The Bertz CT molecular complexity index is 780. The highest BCUT2D eigenvalue weighted by atomic mass is 19.4. The summed E-state index contributed by atoms with van der Waals surface area (Å²) in [6.45, 7) is 0. The SMILES string of the molecule is NC1CCC(N[C@H]2C[C@@H]2c2ccc(-c3ccccc3)cc2C(F)(F)F)CC1. The van der Waals surface area contributed by atoms with Gasteiger partial charge in [-0.05, 0) is 54.9 Å². The predicted octanol–water partition coefficient (Wildman–Crippen LogP) is 5.09. The summed E-state index contributed by atoms with van der Waals surface area (Å²) >= 11 is 0. The molecule has 0 saturated heterocycles. The van der Waals surface area contributed by atoms with Gasteiger partial charge in [0.1, 0.15) is 0 Å². The van der Waals surface area contributed by atoms with Crippen LogP contribution in [-0.2, 0) is 6.18 Å². The van der Waals surface area contributed by atoms with E-state index in [0.29, 0.717) is 17.2 Å².